The smallest absolute Gasteiger partial charge is 0.339 e. The van der Waals surface area contributed by atoms with Gasteiger partial charge in [-0.3, -0.25) is 0 Å². The highest BCUT2D eigenvalue weighted by atomic mass is 28.4. The lowest BCUT2D eigenvalue weighted by Gasteiger charge is -2.36. The maximum atomic E-state index is 11.3. The number of hydrogen-bond donors (Lipinski definition) is 2. The molecule has 0 fully saturated rings. The monoisotopic (exact) mass is 281 g/mol. The minimum absolute atomic E-state index is 0.0154. The fraction of sp³-hybridized carbons (Fsp3) is 0.500. The van der Waals surface area contributed by atoms with Crippen LogP contribution in [0.3, 0.4) is 0 Å². The van der Waals surface area contributed by atoms with Gasteiger partial charge in [-0.2, -0.15) is 0 Å². The van der Waals surface area contributed by atoms with E-state index in [1.165, 1.54) is 0 Å². The van der Waals surface area contributed by atoms with Gasteiger partial charge >= 0.3 is 5.97 Å². The number of hydrogen-bond acceptors (Lipinski definition) is 3. The van der Waals surface area contributed by atoms with Crippen molar-refractivity contribution in [3.63, 3.8) is 0 Å². The summed E-state index contributed by atoms with van der Waals surface area (Å²) in [6.07, 6.45) is 0. The molecule has 0 aliphatic heterocycles. The maximum absolute atomic E-state index is 11.3. The van der Waals surface area contributed by atoms with Crippen LogP contribution in [0.15, 0.2) is 18.2 Å². The van der Waals surface area contributed by atoms with Crippen LogP contribution in [0.1, 0.15) is 36.7 Å². The number of carbonyl (C=O) groups is 1. The van der Waals surface area contributed by atoms with Crippen molar-refractivity contribution in [1.82, 2.24) is 0 Å². The lowest BCUT2D eigenvalue weighted by molar-refractivity contribution is 0.0694. The van der Waals surface area contributed by atoms with E-state index in [1.807, 2.05) is 0 Å². The topological polar surface area (TPSA) is 72.5 Å². The summed E-state index contributed by atoms with van der Waals surface area (Å²) in [6, 6.07) is 5.03. The Hall–Kier alpha value is -1.33. The van der Waals surface area contributed by atoms with Crippen LogP contribution in [-0.4, -0.2) is 19.4 Å². The molecule has 0 spiro atoms. The third-order valence-electron chi connectivity index (χ3n) is 3.68. The number of benzene rings is 1. The zero-order valence-corrected chi connectivity index (χ0v) is 13.3. The maximum Gasteiger partial charge on any atom is 0.339 e. The number of carboxylic acid groups (broad SMARTS) is 1. The van der Waals surface area contributed by atoms with E-state index in [2.05, 4.69) is 33.9 Å². The Kier molecular flexibility index (Phi) is 4.42. The van der Waals surface area contributed by atoms with Crippen LogP contribution in [0.2, 0.25) is 18.1 Å². The second-order valence-electron chi connectivity index (χ2n) is 6.20. The zero-order chi connectivity index (χ0) is 14.8. The van der Waals surface area contributed by atoms with E-state index in [0.29, 0.717) is 12.3 Å². The fourth-order valence-corrected chi connectivity index (χ4v) is 2.41. The average Bonchev–Trinajstić information content (AvgIpc) is 2.26. The molecule has 1 aromatic rings. The summed E-state index contributed by atoms with van der Waals surface area (Å²) in [6.45, 7) is 10.9. The van der Waals surface area contributed by atoms with Crippen molar-refractivity contribution in [1.29, 1.82) is 0 Å². The molecule has 4 nitrogen and oxygen atoms in total. The highest BCUT2D eigenvalue weighted by Gasteiger charge is 2.39. The third kappa shape index (κ3) is 3.58. The summed E-state index contributed by atoms with van der Waals surface area (Å²) in [5.41, 5.74) is 6.67. The third-order valence-corrected chi connectivity index (χ3v) is 8.03. The van der Waals surface area contributed by atoms with E-state index in [1.54, 1.807) is 18.2 Å². The molecule has 0 aromatic heterocycles. The molecule has 3 N–H and O–H groups in total. The van der Waals surface area contributed by atoms with E-state index in [9.17, 15) is 9.90 Å². The van der Waals surface area contributed by atoms with Crippen LogP contribution < -0.4 is 10.2 Å². The van der Waals surface area contributed by atoms with E-state index in [-0.39, 0.29) is 10.6 Å². The molecular weight excluding hydrogens is 258 g/mol. The number of aromatic carboxylic acids is 1. The van der Waals surface area contributed by atoms with Crippen LogP contribution in [-0.2, 0) is 6.54 Å². The van der Waals surface area contributed by atoms with Crippen molar-refractivity contribution in [2.75, 3.05) is 0 Å². The first-order valence-corrected chi connectivity index (χ1v) is 9.24. The van der Waals surface area contributed by atoms with Gasteiger partial charge in [0.25, 0.3) is 8.32 Å². The normalized spacial score (nSPS) is 12.3. The van der Waals surface area contributed by atoms with Crippen LogP contribution in [0.5, 0.6) is 5.75 Å². The first-order valence-electron chi connectivity index (χ1n) is 6.34. The van der Waals surface area contributed by atoms with Crippen molar-refractivity contribution in [2.45, 2.75) is 45.4 Å². The van der Waals surface area contributed by atoms with Crippen molar-refractivity contribution >= 4 is 14.3 Å². The van der Waals surface area contributed by atoms with Gasteiger partial charge in [0.15, 0.2) is 0 Å². The second-order valence-corrected chi connectivity index (χ2v) is 10.9. The van der Waals surface area contributed by atoms with Crippen LogP contribution >= 0.6 is 0 Å². The van der Waals surface area contributed by atoms with Crippen molar-refractivity contribution in [3.8, 4) is 5.75 Å². The molecule has 1 aromatic carbocycles. The average molecular weight is 281 g/mol. The Labute approximate surface area is 115 Å². The molecule has 106 valence electrons. The van der Waals surface area contributed by atoms with Crippen LogP contribution in [0.4, 0.5) is 0 Å². The molecule has 0 atom stereocenters. The van der Waals surface area contributed by atoms with Crippen LogP contribution in [0, 0.1) is 0 Å². The standard InChI is InChI=1S/C14H23NO3Si/c1-14(2,3)19(4,5)18-12-8-10(9-15)6-7-11(12)13(16)17/h6-8H,9,15H2,1-5H3,(H,16,17). The summed E-state index contributed by atoms with van der Waals surface area (Å²) in [5, 5.41) is 9.25. The molecule has 0 heterocycles. The summed E-state index contributed by atoms with van der Waals surface area (Å²) in [4.78, 5) is 11.3. The zero-order valence-electron chi connectivity index (χ0n) is 12.3. The quantitative estimate of drug-likeness (QED) is 0.831. The van der Waals surface area contributed by atoms with E-state index >= 15 is 0 Å². The summed E-state index contributed by atoms with van der Waals surface area (Å²) in [5.74, 6) is -0.542. The summed E-state index contributed by atoms with van der Waals surface area (Å²) < 4.78 is 6.10. The van der Waals surface area contributed by atoms with Gasteiger partial charge in [-0.1, -0.05) is 26.8 Å². The van der Waals surface area contributed by atoms with Gasteiger partial charge in [0.1, 0.15) is 5.75 Å². The van der Waals surface area contributed by atoms with Gasteiger partial charge in [0.05, 0.1) is 5.56 Å². The number of nitrogens with two attached hydrogens (primary N) is 1. The largest absolute Gasteiger partial charge is 0.543 e. The molecule has 0 aliphatic carbocycles. The Morgan fingerprint density at radius 2 is 1.95 bits per heavy atom. The lowest BCUT2D eigenvalue weighted by atomic mass is 10.1. The van der Waals surface area contributed by atoms with E-state index < -0.39 is 14.3 Å². The van der Waals surface area contributed by atoms with Gasteiger partial charge < -0.3 is 15.3 Å². The van der Waals surface area contributed by atoms with Gasteiger partial charge in [0.2, 0.25) is 0 Å². The molecule has 0 saturated heterocycles. The van der Waals surface area contributed by atoms with Crippen molar-refractivity contribution in [3.05, 3.63) is 29.3 Å². The molecule has 0 saturated carbocycles. The van der Waals surface area contributed by atoms with E-state index in [4.69, 9.17) is 10.2 Å². The molecule has 0 aliphatic rings. The highest BCUT2D eigenvalue weighted by Crippen LogP contribution is 2.38. The van der Waals surface area contributed by atoms with Crippen molar-refractivity contribution in [2.24, 2.45) is 5.73 Å². The minimum atomic E-state index is -2.06. The first-order chi connectivity index (χ1) is 8.58. The molecule has 1 rings (SSSR count). The van der Waals surface area contributed by atoms with E-state index in [0.717, 1.165) is 5.56 Å². The number of rotatable bonds is 4. The van der Waals surface area contributed by atoms with Crippen molar-refractivity contribution < 1.29 is 14.3 Å². The molecule has 19 heavy (non-hydrogen) atoms. The van der Waals surface area contributed by atoms with Gasteiger partial charge in [0, 0.05) is 6.54 Å². The lowest BCUT2D eigenvalue weighted by Crippen LogP contribution is -2.44. The Morgan fingerprint density at radius 3 is 2.37 bits per heavy atom. The SMILES string of the molecule is CC(C)(C)[Si](C)(C)Oc1cc(CN)ccc1C(=O)O. The Morgan fingerprint density at radius 1 is 1.37 bits per heavy atom. The van der Waals surface area contributed by atoms with Gasteiger partial charge in [-0.15, -0.1) is 0 Å². The molecule has 5 heteroatoms. The summed E-state index contributed by atoms with van der Waals surface area (Å²) >= 11 is 0. The Balaban J connectivity index is 3.21. The Bertz CT molecular complexity index is 478. The summed E-state index contributed by atoms with van der Waals surface area (Å²) in [7, 11) is -2.06. The van der Waals surface area contributed by atoms with Gasteiger partial charge in [-0.05, 0) is 35.8 Å². The molecular formula is C14H23NO3Si. The first kappa shape index (κ1) is 15.7. The predicted octanol–water partition coefficient (Wildman–Crippen LogP) is 3.23. The highest BCUT2D eigenvalue weighted by molar-refractivity contribution is 6.74. The predicted molar refractivity (Wildman–Crippen MR) is 79.1 cm³/mol. The minimum Gasteiger partial charge on any atom is -0.543 e. The van der Waals surface area contributed by atoms with Gasteiger partial charge in [-0.25, -0.2) is 4.79 Å². The molecule has 0 unspecified atom stereocenters. The van der Waals surface area contributed by atoms with Crippen LogP contribution in [0.25, 0.3) is 0 Å². The molecule has 0 amide bonds. The number of carboxylic acids is 1. The second kappa shape index (κ2) is 5.34. The fourth-order valence-electron chi connectivity index (χ4n) is 1.38. The molecule has 0 bridgehead atoms. The molecule has 0 radical (unpaired) electrons.